The van der Waals surface area contributed by atoms with E-state index in [0.717, 1.165) is 6.54 Å². The average molecular weight is 225 g/mol. The zero-order chi connectivity index (χ0) is 12.0. The van der Waals surface area contributed by atoms with Gasteiger partial charge in [0, 0.05) is 18.7 Å². The van der Waals surface area contributed by atoms with Crippen LogP contribution in [-0.4, -0.2) is 24.2 Å². The maximum absolute atomic E-state index is 10.7. The van der Waals surface area contributed by atoms with Gasteiger partial charge in [-0.15, -0.1) is 0 Å². The molecular formula is C13H23NO2. The molecule has 0 radical (unpaired) electrons. The second kappa shape index (κ2) is 6.04. The molecular weight excluding hydrogens is 202 g/mol. The van der Waals surface area contributed by atoms with Crippen molar-refractivity contribution in [2.45, 2.75) is 46.0 Å². The predicted octanol–water partition coefficient (Wildman–Crippen LogP) is 2.58. The van der Waals surface area contributed by atoms with Crippen LogP contribution in [0.4, 0.5) is 0 Å². The van der Waals surface area contributed by atoms with E-state index in [1.807, 2.05) is 6.92 Å². The fraction of sp³-hybridized carbons (Fsp3) is 0.769. The molecule has 3 nitrogen and oxygen atoms in total. The predicted molar refractivity (Wildman–Crippen MR) is 65.5 cm³/mol. The summed E-state index contributed by atoms with van der Waals surface area (Å²) in [7, 11) is 0. The number of nitrogens with one attached hydrogen (secondary N) is 1. The molecule has 2 N–H and O–H groups in total. The van der Waals surface area contributed by atoms with Crippen molar-refractivity contribution in [3.63, 3.8) is 0 Å². The van der Waals surface area contributed by atoms with Crippen molar-refractivity contribution < 1.29 is 9.90 Å². The first-order valence-electron chi connectivity index (χ1n) is 6.26. The molecule has 1 aliphatic rings. The topological polar surface area (TPSA) is 49.3 Å². The van der Waals surface area contributed by atoms with Crippen molar-refractivity contribution in [1.82, 2.24) is 5.32 Å². The molecule has 92 valence electrons. The summed E-state index contributed by atoms with van der Waals surface area (Å²) in [5.74, 6) is -0.793. The first-order valence-corrected chi connectivity index (χ1v) is 6.26. The lowest BCUT2D eigenvalue weighted by molar-refractivity contribution is -0.132. The van der Waals surface area contributed by atoms with E-state index in [-0.39, 0.29) is 0 Å². The van der Waals surface area contributed by atoms with Crippen LogP contribution in [0.15, 0.2) is 11.6 Å². The van der Waals surface area contributed by atoms with Crippen LogP contribution < -0.4 is 5.32 Å². The number of aliphatic carboxylic acids is 1. The Morgan fingerprint density at radius 2 is 2.12 bits per heavy atom. The molecule has 16 heavy (non-hydrogen) atoms. The van der Waals surface area contributed by atoms with Gasteiger partial charge < -0.3 is 10.4 Å². The first-order chi connectivity index (χ1) is 7.63. The van der Waals surface area contributed by atoms with Gasteiger partial charge in [-0.1, -0.05) is 26.3 Å². The molecule has 0 bridgehead atoms. The Hall–Kier alpha value is -0.830. The number of carbonyl (C=O) groups is 1. The molecule has 0 amide bonds. The number of rotatable bonds is 7. The van der Waals surface area contributed by atoms with Gasteiger partial charge in [0.15, 0.2) is 0 Å². The van der Waals surface area contributed by atoms with E-state index in [4.69, 9.17) is 5.11 Å². The molecule has 1 fully saturated rings. The second-order valence-corrected chi connectivity index (χ2v) is 4.73. The molecule has 0 aromatic heterocycles. The molecule has 3 heteroatoms. The van der Waals surface area contributed by atoms with Crippen LogP contribution in [0, 0.1) is 5.41 Å². The highest BCUT2D eigenvalue weighted by Crippen LogP contribution is 2.42. The van der Waals surface area contributed by atoms with Gasteiger partial charge in [0.1, 0.15) is 0 Å². The van der Waals surface area contributed by atoms with Crippen molar-refractivity contribution in [2.75, 3.05) is 13.1 Å². The summed E-state index contributed by atoms with van der Waals surface area (Å²) in [6, 6.07) is 0. The summed E-state index contributed by atoms with van der Waals surface area (Å²) in [5, 5.41) is 12.2. The van der Waals surface area contributed by atoms with E-state index in [1.54, 1.807) is 6.08 Å². The molecule has 0 aromatic carbocycles. The second-order valence-electron chi connectivity index (χ2n) is 4.73. The number of carboxylic acids is 1. The Morgan fingerprint density at radius 1 is 1.44 bits per heavy atom. The molecule has 0 saturated heterocycles. The van der Waals surface area contributed by atoms with E-state index in [1.165, 1.54) is 25.7 Å². The highest BCUT2D eigenvalue weighted by atomic mass is 16.4. The van der Waals surface area contributed by atoms with E-state index in [9.17, 15) is 4.79 Å². The van der Waals surface area contributed by atoms with Gasteiger partial charge in [-0.25, -0.2) is 4.79 Å². The van der Waals surface area contributed by atoms with Crippen LogP contribution in [0.3, 0.4) is 0 Å². The lowest BCUT2D eigenvalue weighted by Gasteiger charge is -2.41. The molecule has 0 unspecified atom stereocenters. The minimum Gasteiger partial charge on any atom is -0.478 e. The zero-order valence-electron chi connectivity index (χ0n) is 10.4. The monoisotopic (exact) mass is 225 g/mol. The number of hydrogen-bond acceptors (Lipinski definition) is 2. The smallest absolute Gasteiger partial charge is 0.331 e. The van der Waals surface area contributed by atoms with Crippen molar-refractivity contribution in [1.29, 1.82) is 0 Å². The third-order valence-corrected chi connectivity index (χ3v) is 3.81. The molecule has 1 rings (SSSR count). The Morgan fingerprint density at radius 3 is 2.50 bits per heavy atom. The normalized spacial score (nSPS) is 19.2. The standard InChI is InChI=1S/C13H23NO2/c1-3-11(12(15)16)6-9-14-10-13(4-2)7-5-8-13/h6,14H,3-5,7-10H2,1-2H3,(H,15,16). The number of carboxylic acid groups (broad SMARTS) is 1. The Balaban J connectivity index is 2.27. The van der Waals surface area contributed by atoms with E-state index in [0.29, 0.717) is 24.0 Å². The maximum Gasteiger partial charge on any atom is 0.331 e. The van der Waals surface area contributed by atoms with E-state index in [2.05, 4.69) is 12.2 Å². The van der Waals surface area contributed by atoms with Crippen molar-refractivity contribution in [3.05, 3.63) is 11.6 Å². The molecule has 0 spiro atoms. The van der Waals surface area contributed by atoms with E-state index >= 15 is 0 Å². The summed E-state index contributed by atoms with van der Waals surface area (Å²) >= 11 is 0. The minimum atomic E-state index is -0.793. The Labute approximate surface area is 97.9 Å². The molecule has 0 atom stereocenters. The molecule has 1 aliphatic carbocycles. The molecule has 1 saturated carbocycles. The highest BCUT2D eigenvalue weighted by molar-refractivity contribution is 5.86. The van der Waals surface area contributed by atoms with Crippen LogP contribution in [0.2, 0.25) is 0 Å². The Bertz CT molecular complexity index is 262. The van der Waals surface area contributed by atoms with Gasteiger partial charge in [-0.3, -0.25) is 0 Å². The van der Waals surface area contributed by atoms with Gasteiger partial charge in [0.25, 0.3) is 0 Å². The fourth-order valence-corrected chi connectivity index (χ4v) is 2.25. The van der Waals surface area contributed by atoms with Crippen LogP contribution in [0.5, 0.6) is 0 Å². The molecule has 0 aliphatic heterocycles. The lowest BCUT2D eigenvalue weighted by atomic mass is 9.67. The third-order valence-electron chi connectivity index (χ3n) is 3.81. The van der Waals surface area contributed by atoms with Crippen LogP contribution in [0.25, 0.3) is 0 Å². The SMILES string of the molecule is CCC(=CCNCC1(CC)CCC1)C(=O)O. The summed E-state index contributed by atoms with van der Waals surface area (Å²) in [6.45, 7) is 5.82. The van der Waals surface area contributed by atoms with Crippen LogP contribution in [-0.2, 0) is 4.79 Å². The van der Waals surface area contributed by atoms with Crippen molar-refractivity contribution in [2.24, 2.45) is 5.41 Å². The van der Waals surface area contributed by atoms with Gasteiger partial charge >= 0.3 is 5.97 Å². The average Bonchev–Trinajstić information content (AvgIpc) is 2.21. The van der Waals surface area contributed by atoms with Gasteiger partial charge in [-0.2, -0.15) is 0 Å². The number of hydrogen-bond donors (Lipinski definition) is 2. The zero-order valence-corrected chi connectivity index (χ0v) is 10.4. The van der Waals surface area contributed by atoms with E-state index < -0.39 is 5.97 Å². The maximum atomic E-state index is 10.7. The van der Waals surface area contributed by atoms with Crippen LogP contribution in [0.1, 0.15) is 46.0 Å². The lowest BCUT2D eigenvalue weighted by Crippen LogP contribution is -2.39. The highest BCUT2D eigenvalue weighted by Gasteiger charge is 2.34. The molecule has 0 heterocycles. The van der Waals surface area contributed by atoms with Crippen LogP contribution >= 0.6 is 0 Å². The quantitative estimate of drug-likeness (QED) is 0.517. The first kappa shape index (κ1) is 13.2. The largest absolute Gasteiger partial charge is 0.478 e. The van der Waals surface area contributed by atoms with Crippen molar-refractivity contribution >= 4 is 5.97 Å². The summed E-state index contributed by atoms with van der Waals surface area (Å²) < 4.78 is 0. The van der Waals surface area contributed by atoms with Gasteiger partial charge in [-0.05, 0) is 31.1 Å². The summed E-state index contributed by atoms with van der Waals surface area (Å²) in [4.78, 5) is 10.7. The van der Waals surface area contributed by atoms with Gasteiger partial charge in [0.05, 0.1) is 0 Å². The minimum absolute atomic E-state index is 0.503. The third kappa shape index (κ3) is 3.34. The Kier molecular flexibility index (Phi) is 5.00. The molecule has 0 aromatic rings. The summed E-state index contributed by atoms with van der Waals surface area (Å²) in [6.07, 6.45) is 7.60. The fourth-order valence-electron chi connectivity index (χ4n) is 2.25. The summed E-state index contributed by atoms with van der Waals surface area (Å²) in [5.41, 5.74) is 1.01. The van der Waals surface area contributed by atoms with Crippen molar-refractivity contribution in [3.8, 4) is 0 Å². The van der Waals surface area contributed by atoms with Gasteiger partial charge in [0.2, 0.25) is 0 Å².